The smallest absolute Gasteiger partial charge is 0.313 e. The number of nitrogens with one attached hydrogen (secondary N) is 2. The van der Waals surface area contributed by atoms with E-state index >= 15 is 0 Å². The van der Waals surface area contributed by atoms with Gasteiger partial charge >= 0.3 is 11.8 Å². The Morgan fingerprint density at radius 1 is 1.23 bits per heavy atom. The topological polar surface area (TPSA) is 70.7 Å². The van der Waals surface area contributed by atoms with Gasteiger partial charge in [-0.15, -0.1) is 0 Å². The maximum atomic E-state index is 12.0. The first-order chi connectivity index (χ1) is 12.5. The molecule has 142 valence electrons. The fourth-order valence-electron chi connectivity index (χ4n) is 3.51. The van der Waals surface area contributed by atoms with Crippen LogP contribution in [0.5, 0.6) is 0 Å². The largest absolute Gasteiger partial charge is 0.380 e. The summed E-state index contributed by atoms with van der Waals surface area (Å²) in [6.45, 7) is 6.18. The highest BCUT2D eigenvalue weighted by Crippen LogP contribution is 2.22. The second-order valence-electron chi connectivity index (χ2n) is 7.12. The van der Waals surface area contributed by atoms with Gasteiger partial charge in [-0.2, -0.15) is 0 Å². The molecular formula is C19H26ClN3O3. The minimum absolute atomic E-state index is 0.416. The third-order valence-electron chi connectivity index (χ3n) is 5.26. The second-order valence-corrected chi connectivity index (χ2v) is 7.53. The molecule has 0 spiro atoms. The van der Waals surface area contributed by atoms with Crippen molar-refractivity contribution in [1.29, 1.82) is 0 Å². The van der Waals surface area contributed by atoms with Crippen molar-refractivity contribution in [3.8, 4) is 0 Å². The molecule has 0 radical (unpaired) electrons. The van der Waals surface area contributed by atoms with Gasteiger partial charge in [0.1, 0.15) is 0 Å². The SMILES string of the molecule is Cc1ccc(NC(=O)C(=O)NCC2CCN([C@@H]3CCOC3)CC2)cc1Cl. The van der Waals surface area contributed by atoms with Crippen LogP contribution in [0, 0.1) is 12.8 Å². The van der Waals surface area contributed by atoms with Gasteiger partial charge in [-0.05, 0) is 62.9 Å². The predicted molar refractivity (Wildman–Crippen MR) is 101 cm³/mol. The van der Waals surface area contributed by atoms with E-state index in [0.29, 0.717) is 29.2 Å². The fraction of sp³-hybridized carbons (Fsp3) is 0.579. The fourth-order valence-corrected chi connectivity index (χ4v) is 3.69. The lowest BCUT2D eigenvalue weighted by Gasteiger charge is -2.35. The molecule has 1 aromatic rings. The zero-order valence-electron chi connectivity index (χ0n) is 15.1. The molecule has 0 aliphatic carbocycles. The Morgan fingerprint density at radius 3 is 2.65 bits per heavy atom. The quantitative estimate of drug-likeness (QED) is 0.787. The van der Waals surface area contributed by atoms with Crippen LogP contribution in [0.15, 0.2) is 18.2 Å². The molecule has 2 saturated heterocycles. The van der Waals surface area contributed by atoms with E-state index in [1.807, 2.05) is 6.92 Å². The Balaban J connectivity index is 1.39. The van der Waals surface area contributed by atoms with Crippen LogP contribution in [0.1, 0.15) is 24.8 Å². The molecular weight excluding hydrogens is 354 g/mol. The third-order valence-corrected chi connectivity index (χ3v) is 5.67. The highest BCUT2D eigenvalue weighted by molar-refractivity contribution is 6.39. The molecule has 2 fully saturated rings. The summed E-state index contributed by atoms with van der Waals surface area (Å²) in [5, 5.41) is 5.90. The lowest BCUT2D eigenvalue weighted by molar-refractivity contribution is -0.136. The van der Waals surface area contributed by atoms with E-state index in [9.17, 15) is 9.59 Å². The maximum Gasteiger partial charge on any atom is 0.313 e. The number of carbonyl (C=O) groups excluding carboxylic acids is 2. The molecule has 26 heavy (non-hydrogen) atoms. The standard InChI is InChI=1S/C19H26ClN3O3/c1-13-2-3-15(10-17(13)20)22-19(25)18(24)21-11-14-4-7-23(8-5-14)16-6-9-26-12-16/h2-3,10,14,16H,4-9,11-12H2,1H3,(H,21,24)(H,22,25)/t16-/m1/s1. The number of nitrogens with zero attached hydrogens (tertiary/aromatic N) is 1. The molecule has 0 saturated carbocycles. The first-order valence-electron chi connectivity index (χ1n) is 9.20. The number of anilines is 1. The molecule has 2 amide bonds. The monoisotopic (exact) mass is 379 g/mol. The molecule has 2 N–H and O–H groups in total. The Hall–Kier alpha value is -1.63. The van der Waals surface area contributed by atoms with E-state index in [-0.39, 0.29) is 0 Å². The summed E-state index contributed by atoms with van der Waals surface area (Å²) < 4.78 is 5.45. The minimum Gasteiger partial charge on any atom is -0.380 e. The number of aryl methyl sites for hydroxylation is 1. The van der Waals surface area contributed by atoms with E-state index in [4.69, 9.17) is 16.3 Å². The van der Waals surface area contributed by atoms with Crippen LogP contribution in [0.4, 0.5) is 5.69 Å². The number of benzene rings is 1. The van der Waals surface area contributed by atoms with E-state index in [2.05, 4.69) is 15.5 Å². The van der Waals surface area contributed by atoms with Gasteiger partial charge in [0.05, 0.1) is 6.61 Å². The summed E-state index contributed by atoms with van der Waals surface area (Å²) in [4.78, 5) is 26.5. The zero-order valence-corrected chi connectivity index (χ0v) is 15.8. The number of rotatable bonds is 4. The first kappa shape index (κ1) is 19.1. The number of likely N-dealkylation sites (tertiary alicyclic amines) is 1. The molecule has 2 aliphatic rings. The van der Waals surface area contributed by atoms with E-state index in [0.717, 1.165) is 51.1 Å². The summed E-state index contributed by atoms with van der Waals surface area (Å²) in [6, 6.07) is 5.73. The number of amides is 2. The van der Waals surface area contributed by atoms with Crippen LogP contribution in [0.25, 0.3) is 0 Å². The number of carbonyl (C=O) groups is 2. The van der Waals surface area contributed by atoms with Gasteiger partial charge in [0.15, 0.2) is 0 Å². The van der Waals surface area contributed by atoms with Crippen molar-refractivity contribution in [2.45, 2.75) is 32.2 Å². The van der Waals surface area contributed by atoms with Crippen molar-refractivity contribution in [2.24, 2.45) is 5.92 Å². The lowest BCUT2D eigenvalue weighted by atomic mass is 9.95. The van der Waals surface area contributed by atoms with Gasteiger partial charge in [0, 0.05) is 29.9 Å². The molecule has 6 nitrogen and oxygen atoms in total. The zero-order chi connectivity index (χ0) is 18.5. The molecule has 3 rings (SSSR count). The molecule has 2 aliphatic heterocycles. The summed E-state index contributed by atoms with van der Waals surface area (Å²) in [5.74, 6) is -0.849. The van der Waals surface area contributed by atoms with Crippen molar-refractivity contribution in [3.63, 3.8) is 0 Å². The average Bonchev–Trinajstić information content (AvgIpc) is 3.18. The van der Waals surface area contributed by atoms with Gasteiger partial charge < -0.3 is 15.4 Å². The number of piperidine rings is 1. The number of hydrogen-bond acceptors (Lipinski definition) is 4. The number of ether oxygens (including phenoxy) is 1. The van der Waals surface area contributed by atoms with Gasteiger partial charge in [0.25, 0.3) is 0 Å². The summed E-state index contributed by atoms with van der Waals surface area (Å²) in [7, 11) is 0. The molecule has 7 heteroatoms. The third kappa shape index (κ3) is 4.96. The maximum absolute atomic E-state index is 12.0. The van der Waals surface area contributed by atoms with Crippen molar-refractivity contribution >= 4 is 29.1 Å². The van der Waals surface area contributed by atoms with Crippen LogP contribution in [-0.2, 0) is 14.3 Å². The van der Waals surface area contributed by atoms with E-state index in [1.165, 1.54) is 0 Å². The molecule has 0 aromatic heterocycles. The van der Waals surface area contributed by atoms with Gasteiger partial charge in [-0.3, -0.25) is 14.5 Å². The van der Waals surface area contributed by atoms with Crippen molar-refractivity contribution in [2.75, 3.05) is 38.2 Å². The average molecular weight is 380 g/mol. The molecule has 1 aromatic carbocycles. The predicted octanol–water partition coefficient (Wildman–Crippen LogP) is 2.20. The highest BCUT2D eigenvalue weighted by Gasteiger charge is 2.28. The van der Waals surface area contributed by atoms with Crippen LogP contribution >= 0.6 is 11.6 Å². The van der Waals surface area contributed by atoms with Crippen molar-refractivity contribution < 1.29 is 14.3 Å². The van der Waals surface area contributed by atoms with Crippen LogP contribution in [0.3, 0.4) is 0 Å². The number of hydrogen-bond donors (Lipinski definition) is 2. The van der Waals surface area contributed by atoms with Crippen molar-refractivity contribution in [1.82, 2.24) is 10.2 Å². The van der Waals surface area contributed by atoms with E-state index < -0.39 is 11.8 Å². The minimum atomic E-state index is -0.662. The first-order valence-corrected chi connectivity index (χ1v) is 9.58. The number of halogens is 1. The van der Waals surface area contributed by atoms with E-state index in [1.54, 1.807) is 18.2 Å². The van der Waals surface area contributed by atoms with Gasteiger partial charge in [-0.1, -0.05) is 17.7 Å². The summed E-state index contributed by atoms with van der Waals surface area (Å²) >= 11 is 6.03. The van der Waals surface area contributed by atoms with Crippen LogP contribution < -0.4 is 10.6 Å². The Morgan fingerprint density at radius 2 is 2.00 bits per heavy atom. The Kier molecular flexibility index (Phi) is 6.51. The van der Waals surface area contributed by atoms with Gasteiger partial charge in [0.2, 0.25) is 0 Å². The van der Waals surface area contributed by atoms with Gasteiger partial charge in [-0.25, -0.2) is 0 Å². The highest BCUT2D eigenvalue weighted by atomic mass is 35.5. The van der Waals surface area contributed by atoms with Crippen LogP contribution in [0.2, 0.25) is 5.02 Å². The normalized spacial score (nSPS) is 21.5. The molecule has 2 heterocycles. The Labute approximate surface area is 159 Å². The molecule has 0 unspecified atom stereocenters. The summed E-state index contributed by atoms with van der Waals surface area (Å²) in [6.07, 6.45) is 3.18. The van der Waals surface area contributed by atoms with Crippen molar-refractivity contribution in [3.05, 3.63) is 28.8 Å². The molecule has 1 atom stereocenters. The van der Waals surface area contributed by atoms with Crippen LogP contribution in [-0.4, -0.2) is 55.6 Å². The lowest BCUT2D eigenvalue weighted by Crippen LogP contribution is -2.45. The Bertz CT molecular complexity index is 653. The molecule has 0 bridgehead atoms. The summed E-state index contributed by atoms with van der Waals surface area (Å²) in [5.41, 5.74) is 1.44. The second kappa shape index (κ2) is 8.84.